The Bertz CT molecular complexity index is 387. The average molecular weight is 281 g/mol. The second kappa shape index (κ2) is 7.15. The van der Waals surface area contributed by atoms with Crippen LogP contribution >= 0.6 is 0 Å². The number of nitrogens with zero attached hydrogens (tertiary/aromatic N) is 2. The molecule has 0 aromatic heterocycles. The Labute approximate surface area is 120 Å². The zero-order chi connectivity index (χ0) is 15.2. The van der Waals surface area contributed by atoms with E-state index in [2.05, 4.69) is 11.2 Å². The van der Waals surface area contributed by atoms with Crippen LogP contribution in [-0.4, -0.2) is 66.7 Å². The number of carbonyl (C=O) groups excluding carboxylic acids is 2. The number of terminal acetylenes is 1. The molecule has 6 nitrogen and oxygen atoms in total. The third-order valence-corrected chi connectivity index (χ3v) is 2.78. The SMILES string of the molecule is C#CCNC(=O)CN1CCN(C(=O)OC(C)(C)C)CC1. The molecule has 1 aliphatic rings. The summed E-state index contributed by atoms with van der Waals surface area (Å²) in [6.45, 7) is 8.53. The number of hydrogen-bond acceptors (Lipinski definition) is 4. The van der Waals surface area contributed by atoms with Crippen molar-refractivity contribution in [2.45, 2.75) is 26.4 Å². The van der Waals surface area contributed by atoms with Gasteiger partial charge in [0.1, 0.15) is 5.60 Å². The minimum absolute atomic E-state index is 0.0892. The van der Waals surface area contributed by atoms with Crippen LogP contribution < -0.4 is 5.32 Å². The summed E-state index contributed by atoms with van der Waals surface area (Å²) in [5.41, 5.74) is -0.483. The molecule has 0 atom stereocenters. The molecule has 1 fully saturated rings. The molecular weight excluding hydrogens is 258 g/mol. The van der Waals surface area contributed by atoms with Crippen molar-refractivity contribution in [1.29, 1.82) is 0 Å². The third-order valence-electron chi connectivity index (χ3n) is 2.78. The van der Waals surface area contributed by atoms with Crippen LogP contribution in [0.25, 0.3) is 0 Å². The summed E-state index contributed by atoms with van der Waals surface area (Å²) in [6.07, 6.45) is 4.78. The van der Waals surface area contributed by atoms with Gasteiger partial charge in [0.25, 0.3) is 0 Å². The summed E-state index contributed by atoms with van der Waals surface area (Å²) in [6, 6.07) is 0. The van der Waals surface area contributed by atoms with Gasteiger partial charge in [-0.1, -0.05) is 5.92 Å². The van der Waals surface area contributed by atoms with E-state index in [0.717, 1.165) is 0 Å². The Hall–Kier alpha value is -1.74. The first-order valence-corrected chi connectivity index (χ1v) is 6.72. The molecule has 1 aliphatic heterocycles. The van der Waals surface area contributed by atoms with Gasteiger partial charge in [-0.25, -0.2) is 4.79 Å². The van der Waals surface area contributed by atoms with Gasteiger partial charge in [-0.15, -0.1) is 6.42 Å². The van der Waals surface area contributed by atoms with Gasteiger partial charge in [0.2, 0.25) is 5.91 Å². The smallest absolute Gasteiger partial charge is 0.410 e. The predicted molar refractivity (Wildman–Crippen MR) is 76.1 cm³/mol. The Morgan fingerprint density at radius 3 is 2.35 bits per heavy atom. The van der Waals surface area contributed by atoms with Crippen LogP contribution in [0.2, 0.25) is 0 Å². The molecule has 2 amide bonds. The average Bonchev–Trinajstić information content (AvgIpc) is 2.35. The van der Waals surface area contributed by atoms with Gasteiger partial charge in [-0.2, -0.15) is 0 Å². The molecular formula is C14H23N3O3. The van der Waals surface area contributed by atoms with Crippen molar-refractivity contribution in [1.82, 2.24) is 15.1 Å². The van der Waals surface area contributed by atoms with Crippen molar-refractivity contribution in [2.24, 2.45) is 0 Å². The second-order valence-corrected chi connectivity index (χ2v) is 5.72. The zero-order valence-corrected chi connectivity index (χ0v) is 12.4. The van der Waals surface area contributed by atoms with Crippen molar-refractivity contribution in [3.05, 3.63) is 0 Å². The van der Waals surface area contributed by atoms with Gasteiger partial charge in [-0.3, -0.25) is 9.69 Å². The standard InChI is InChI=1S/C14H23N3O3/c1-5-6-15-12(18)11-16-7-9-17(10-8-16)13(19)20-14(2,3)4/h1H,6-11H2,2-4H3,(H,15,18). The monoisotopic (exact) mass is 281 g/mol. The van der Waals surface area contributed by atoms with Gasteiger partial charge >= 0.3 is 6.09 Å². The number of hydrogen-bond donors (Lipinski definition) is 1. The van der Waals surface area contributed by atoms with Crippen molar-refractivity contribution < 1.29 is 14.3 Å². The van der Waals surface area contributed by atoms with Crippen molar-refractivity contribution >= 4 is 12.0 Å². The largest absolute Gasteiger partial charge is 0.444 e. The lowest BCUT2D eigenvalue weighted by Gasteiger charge is -2.35. The van der Waals surface area contributed by atoms with Crippen LogP contribution in [0.15, 0.2) is 0 Å². The van der Waals surface area contributed by atoms with E-state index in [-0.39, 0.29) is 18.5 Å². The number of rotatable bonds is 3. The molecule has 0 saturated carbocycles. The predicted octanol–water partition coefficient (Wildman–Crippen LogP) is 0.289. The van der Waals surface area contributed by atoms with Crippen LogP contribution in [0.3, 0.4) is 0 Å². The van der Waals surface area contributed by atoms with Crippen LogP contribution in [0, 0.1) is 12.3 Å². The number of amides is 2. The molecule has 20 heavy (non-hydrogen) atoms. The molecule has 1 saturated heterocycles. The van der Waals surface area contributed by atoms with Gasteiger partial charge < -0.3 is 15.0 Å². The maximum atomic E-state index is 11.9. The van der Waals surface area contributed by atoms with Gasteiger partial charge in [-0.05, 0) is 20.8 Å². The molecule has 0 unspecified atom stereocenters. The molecule has 0 aromatic rings. The summed E-state index contributed by atoms with van der Waals surface area (Å²) in [5.74, 6) is 2.27. The molecule has 1 N–H and O–H groups in total. The van der Waals surface area contributed by atoms with Crippen molar-refractivity contribution in [3.8, 4) is 12.3 Å². The topological polar surface area (TPSA) is 61.9 Å². The minimum atomic E-state index is -0.483. The normalized spacial score (nSPS) is 16.4. The van der Waals surface area contributed by atoms with Crippen molar-refractivity contribution in [2.75, 3.05) is 39.3 Å². The Kier molecular flexibility index (Phi) is 5.83. The first kappa shape index (κ1) is 16.3. The van der Waals surface area contributed by atoms with E-state index < -0.39 is 5.60 Å². The van der Waals surface area contributed by atoms with Crippen LogP contribution in [0.1, 0.15) is 20.8 Å². The molecule has 1 heterocycles. The van der Waals surface area contributed by atoms with E-state index >= 15 is 0 Å². The van der Waals surface area contributed by atoms with Crippen LogP contribution in [-0.2, 0) is 9.53 Å². The quantitative estimate of drug-likeness (QED) is 0.755. The molecule has 0 aromatic carbocycles. The minimum Gasteiger partial charge on any atom is -0.444 e. The summed E-state index contributed by atoms with van der Waals surface area (Å²) >= 11 is 0. The third kappa shape index (κ3) is 5.93. The maximum Gasteiger partial charge on any atom is 0.410 e. The summed E-state index contributed by atoms with van der Waals surface area (Å²) in [4.78, 5) is 27.0. The Morgan fingerprint density at radius 2 is 1.85 bits per heavy atom. The molecule has 112 valence electrons. The molecule has 0 bridgehead atoms. The van der Waals surface area contributed by atoms with E-state index in [1.165, 1.54) is 0 Å². The highest BCUT2D eigenvalue weighted by Gasteiger charge is 2.26. The van der Waals surface area contributed by atoms with E-state index in [0.29, 0.717) is 32.7 Å². The lowest BCUT2D eigenvalue weighted by atomic mass is 10.2. The number of ether oxygens (including phenoxy) is 1. The highest BCUT2D eigenvalue weighted by molar-refractivity contribution is 5.78. The first-order valence-electron chi connectivity index (χ1n) is 6.72. The highest BCUT2D eigenvalue weighted by atomic mass is 16.6. The Morgan fingerprint density at radius 1 is 1.25 bits per heavy atom. The molecule has 6 heteroatoms. The fourth-order valence-corrected chi connectivity index (χ4v) is 1.82. The van der Waals surface area contributed by atoms with Gasteiger partial charge in [0, 0.05) is 26.2 Å². The van der Waals surface area contributed by atoms with Gasteiger partial charge in [0.15, 0.2) is 0 Å². The van der Waals surface area contributed by atoms with E-state index in [1.807, 2.05) is 25.7 Å². The number of nitrogens with one attached hydrogen (secondary N) is 1. The second-order valence-electron chi connectivity index (χ2n) is 5.72. The first-order chi connectivity index (χ1) is 9.31. The van der Waals surface area contributed by atoms with Crippen molar-refractivity contribution in [3.63, 3.8) is 0 Å². The highest BCUT2D eigenvalue weighted by Crippen LogP contribution is 2.11. The van der Waals surface area contributed by atoms with E-state index in [4.69, 9.17) is 11.2 Å². The van der Waals surface area contributed by atoms with Crippen LogP contribution in [0.5, 0.6) is 0 Å². The fraction of sp³-hybridized carbons (Fsp3) is 0.714. The maximum absolute atomic E-state index is 11.9. The number of carbonyl (C=O) groups is 2. The Balaban J connectivity index is 2.31. The van der Waals surface area contributed by atoms with E-state index in [9.17, 15) is 9.59 Å². The van der Waals surface area contributed by atoms with Gasteiger partial charge in [0.05, 0.1) is 13.1 Å². The zero-order valence-electron chi connectivity index (χ0n) is 12.4. The molecule has 0 spiro atoms. The lowest BCUT2D eigenvalue weighted by Crippen LogP contribution is -2.52. The summed E-state index contributed by atoms with van der Waals surface area (Å²) in [5, 5.41) is 2.62. The van der Waals surface area contributed by atoms with Crippen LogP contribution in [0.4, 0.5) is 4.79 Å². The number of piperazine rings is 1. The molecule has 0 aliphatic carbocycles. The fourth-order valence-electron chi connectivity index (χ4n) is 1.82. The molecule has 1 rings (SSSR count). The summed E-state index contributed by atoms with van der Waals surface area (Å²) in [7, 11) is 0. The lowest BCUT2D eigenvalue weighted by molar-refractivity contribution is -0.122. The molecule has 0 radical (unpaired) electrons. The van der Waals surface area contributed by atoms with E-state index in [1.54, 1.807) is 4.90 Å². The summed E-state index contributed by atoms with van der Waals surface area (Å²) < 4.78 is 5.31.